The summed E-state index contributed by atoms with van der Waals surface area (Å²) >= 11 is 0. The lowest BCUT2D eigenvalue weighted by Gasteiger charge is -2.09. The molecular formula is C21H15N3. The summed E-state index contributed by atoms with van der Waals surface area (Å²) in [5.74, 6) is 0. The normalized spacial score (nSPS) is 11.3. The van der Waals surface area contributed by atoms with Crippen molar-refractivity contribution < 1.29 is 0 Å². The first-order chi connectivity index (χ1) is 11.9. The number of nitrogens with zero attached hydrogens (tertiary/aromatic N) is 3. The highest BCUT2D eigenvalue weighted by molar-refractivity contribution is 6.09. The van der Waals surface area contributed by atoms with Crippen LogP contribution in [0.25, 0.3) is 33.2 Å². The van der Waals surface area contributed by atoms with Gasteiger partial charge in [0.25, 0.3) is 0 Å². The average molecular weight is 309 g/mol. The standard InChI is InChI=1S/C21H15N3/c1-3-8-20-18(6-1)19-7-2-4-9-21(19)24(20)17-12-10-16(11-13-17)23-15-5-14-22-23/h1-15H. The van der Waals surface area contributed by atoms with E-state index in [0.29, 0.717) is 0 Å². The minimum Gasteiger partial charge on any atom is -0.309 e. The van der Waals surface area contributed by atoms with Crippen LogP contribution in [-0.2, 0) is 0 Å². The van der Waals surface area contributed by atoms with Crippen LogP contribution in [0.15, 0.2) is 91.3 Å². The van der Waals surface area contributed by atoms with Gasteiger partial charge in [-0.2, -0.15) is 5.10 Å². The Morgan fingerprint density at radius 3 is 1.75 bits per heavy atom. The fourth-order valence-corrected chi connectivity index (χ4v) is 3.38. The Labute approximate surface area is 139 Å². The predicted molar refractivity (Wildman–Crippen MR) is 97.9 cm³/mol. The molecule has 0 unspecified atom stereocenters. The minimum absolute atomic E-state index is 1.06. The maximum Gasteiger partial charge on any atom is 0.0647 e. The van der Waals surface area contributed by atoms with Gasteiger partial charge in [0.05, 0.1) is 16.7 Å². The molecule has 5 aromatic rings. The second-order valence-corrected chi connectivity index (χ2v) is 5.84. The van der Waals surface area contributed by atoms with Crippen LogP contribution in [0.3, 0.4) is 0 Å². The third-order valence-electron chi connectivity index (χ3n) is 4.46. The number of aromatic nitrogens is 3. The molecule has 0 N–H and O–H groups in total. The molecule has 0 bridgehead atoms. The second-order valence-electron chi connectivity index (χ2n) is 5.84. The highest BCUT2D eigenvalue weighted by Gasteiger charge is 2.11. The van der Waals surface area contributed by atoms with Gasteiger partial charge in [-0.3, -0.25) is 0 Å². The maximum absolute atomic E-state index is 4.29. The van der Waals surface area contributed by atoms with E-state index in [2.05, 4.69) is 82.5 Å². The van der Waals surface area contributed by atoms with Crippen molar-refractivity contribution in [2.24, 2.45) is 0 Å². The molecule has 0 aliphatic rings. The molecule has 24 heavy (non-hydrogen) atoms. The van der Waals surface area contributed by atoms with E-state index in [0.717, 1.165) is 11.4 Å². The van der Waals surface area contributed by atoms with Crippen LogP contribution in [0, 0.1) is 0 Å². The van der Waals surface area contributed by atoms with Gasteiger partial charge in [-0.1, -0.05) is 36.4 Å². The van der Waals surface area contributed by atoms with Gasteiger partial charge in [-0.25, -0.2) is 4.68 Å². The molecule has 0 amide bonds. The van der Waals surface area contributed by atoms with E-state index in [-0.39, 0.29) is 0 Å². The molecular weight excluding hydrogens is 294 g/mol. The first-order valence-electron chi connectivity index (χ1n) is 8.00. The molecule has 114 valence electrons. The molecule has 0 radical (unpaired) electrons. The average Bonchev–Trinajstić information content (AvgIpc) is 3.28. The van der Waals surface area contributed by atoms with E-state index in [1.54, 1.807) is 6.20 Å². The lowest BCUT2D eigenvalue weighted by atomic mass is 10.2. The van der Waals surface area contributed by atoms with E-state index in [9.17, 15) is 0 Å². The summed E-state index contributed by atoms with van der Waals surface area (Å²) in [5, 5.41) is 6.85. The van der Waals surface area contributed by atoms with E-state index in [4.69, 9.17) is 0 Å². The van der Waals surface area contributed by atoms with Crippen molar-refractivity contribution in [2.45, 2.75) is 0 Å². The minimum atomic E-state index is 1.06. The second kappa shape index (κ2) is 5.10. The van der Waals surface area contributed by atoms with Crippen LogP contribution in [0.4, 0.5) is 0 Å². The van der Waals surface area contributed by atoms with Gasteiger partial charge < -0.3 is 4.57 Å². The Bertz CT molecular complexity index is 1080. The van der Waals surface area contributed by atoms with Crippen molar-refractivity contribution in [3.05, 3.63) is 91.3 Å². The summed E-state index contributed by atoms with van der Waals surface area (Å²) in [5.41, 5.74) is 4.67. The summed E-state index contributed by atoms with van der Waals surface area (Å²) in [6, 6.07) is 27.5. The van der Waals surface area contributed by atoms with Gasteiger partial charge in [0.2, 0.25) is 0 Å². The van der Waals surface area contributed by atoms with Crippen molar-refractivity contribution in [3.8, 4) is 11.4 Å². The summed E-state index contributed by atoms with van der Waals surface area (Å²) in [4.78, 5) is 0. The Morgan fingerprint density at radius 2 is 1.17 bits per heavy atom. The zero-order valence-electron chi connectivity index (χ0n) is 13.0. The Hall–Kier alpha value is -3.33. The van der Waals surface area contributed by atoms with E-state index >= 15 is 0 Å². The Balaban J connectivity index is 1.76. The molecule has 3 nitrogen and oxygen atoms in total. The third-order valence-corrected chi connectivity index (χ3v) is 4.46. The quantitative estimate of drug-likeness (QED) is 0.451. The highest BCUT2D eigenvalue weighted by Crippen LogP contribution is 2.31. The van der Waals surface area contributed by atoms with Crippen LogP contribution >= 0.6 is 0 Å². The van der Waals surface area contributed by atoms with Gasteiger partial charge in [0, 0.05) is 28.9 Å². The number of hydrogen-bond donors (Lipinski definition) is 0. The van der Waals surface area contributed by atoms with Crippen LogP contribution in [0.5, 0.6) is 0 Å². The van der Waals surface area contributed by atoms with Gasteiger partial charge in [-0.15, -0.1) is 0 Å². The number of benzene rings is 3. The first-order valence-corrected chi connectivity index (χ1v) is 8.00. The molecule has 0 spiro atoms. The summed E-state index contributed by atoms with van der Waals surface area (Å²) in [6.45, 7) is 0. The van der Waals surface area contributed by atoms with Crippen molar-refractivity contribution >= 4 is 21.8 Å². The Kier molecular flexibility index (Phi) is 2.79. The SMILES string of the molecule is c1ccc2c(c1)c1ccccc1n2-c1ccc(-n2cccn2)cc1. The molecule has 0 aliphatic heterocycles. The molecule has 2 heterocycles. The van der Waals surface area contributed by atoms with Crippen molar-refractivity contribution in [3.63, 3.8) is 0 Å². The Morgan fingerprint density at radius 1 is 0.583 bits per heavy atom. The molecule has 0 saturated heterocycles. The predicted octanol–water partition coefficient (Wildman–Crippen LogP) is 4.97. The van der Waals surface area contributed by atoms with Crippen LogP contribution in [0.1, 0.15) is 0 Å². The van der Waals surface area contributed by atoms with Crippen molar-refractivity contribution in [2.75, 3.05) is 0 Å². The first kappa shape index (κ1) is 13.1. The van der Waals surface area contributed by atoms with Gasteiger partial charge >= 0.3 is 0 Å². The molecule has 0 atom stereocenters. The molecule has 3 aromatic carbocycles. The molecule has 0 fully saturated rings. The monoisotopic (exact) mass is 309 g/mol. The van der Waals surface area contributed by atoms with E-state index in [1.807, 2.05) is 16.9 Å². The molecule has 0 aliphatic carbocycles. The smallest absolute Gasteiger partial charge is 0.0647 e. The van der Waals surface area contributed by atoms with Gasteiger partial charge in [0.15, 0.2) is 0 Å². The summed E-state index contributed by atoms with van der Waals surface area (Å²) in [7, 11) is 0. The summed E-state index contributed by atoms with van der Waals surface area (Å²) < 4.78 is 4.19. The number of fused-ring (bicyclic) bond motifs is 3. The fourth-order valence-electron chi connectivity index (χ4n) is 3.38. The molecule has 2 aromatic heterocycles. The zero-order chi connectivity index (χ0) is 15.9. The highest BCUT2D eigenvalue weighted by atomic mass is 15.3. The van der Waals surface area contributed by atoms with Crippen LogP contribution < -0.4 is 0 Å². The zero-order valence-corrected chi connectivity index (χ0v) is 13.0. The number of rotatable bonds is 2. The lowest BCUT2D eigenvalue weighted by molar-refractivity contribution is 0.880. The maximum atomic E-state index is 4.29. The molecule has 0 saturated carbocycles. The van der Waals surface area contributed by atoms with Crippen LogP contribution in [-0.4, -0.2) is 14.3 Å². The molecule has 5 rings (SSSR count). The fraction of sp³-hybridized carbons (Fsp3) is 0. The third kappa shape index (κ3) is 1.88. The number of hydrogen-bond acceptors (Lipinski definition) is 1. The van der Waals surface area contributed by atoms with Crippen molar-refractivity contribution in [1.29, 1.82) is 0 Å². The van der Waals surface area contributed by atoms with Crippen molar-refractivity contribution in [1.82, 2.24) is 14.3 Å². The largest absolute Gasteiger partial charge is 0.309 e. The topological polar surface area (TPSA) is 22.8 Å². The van der Waals surface area contributed by atoms with E-state index in [1.165, 1.54) is 21.8 Å². The molecule has 3 heteroatoms. The number of para-hydroxylation sites is 2. The lowest BCUT2D eigenvalue weighted by Crippen LogP contribution is -1.97. The van der Waals surface area contributed by atoms with Gasteiger partial charge in [0.1, 0.15) is 0 Å². The van der Waals surface area contributed by atoms with E-state index < -0.39 is 0 Å². The van der Waals surface area contributed by atoms with Gasteiger partial charge in [-0.05, 0) is 42.5 Å². The van der Waals surface area contributed by atoms with Crippen LogP contribution in [0.2, 0.25) is 0 Å². The summed E-state index contributed by atoms with van der Waals surface area (Å²) in [6.07, 6.45) is 3.75.